The number of methoxy groups -OCH3 is 2. The van der Waals surface area contributed by atoms with Crippen LogP contribution >= 0.6 is 0 Å². The van der Waals surface area contributed by atoms with E-state index < -0.39 is 0 Å². The average molecular weight is 370 g/mol. The van der Waals surface area contributed by atoms with Gasteiger partial charge in [-0.05, 0) is 54.8 Å². The summed E-state index contributed by atoms with van der Waals surface area (Å²) >= 11 is 0. The Hall–Kier alpha value is -2.73. The van der Waals surface area contributed by atoms with Crippen LogP contribution in [0.25, 0.3) is 0 Å². The van der Waals surface area contributed by atoms with Crippen LogP contribution in [0.3, 0.4) is 0 Å². The van der Waals surface area contributed by atoms with Crippen LogP contribution in [0, 0.1) is 0 Å². The molecule has 1 heterocycles. The molecule has 6 nitrogen and oxygen atoms in total. The van der Waals surface area contributed by atoms with E-state index in [1.165, 1.54) is 5.56 Å². The van der Waals surface area contributed by atoms with Crippen LogP contribution in [0.4, 0.5) is 10.5 Å². The summed E-state index contributed by atoms with van der Waals surface area (Å²) in [6.45, 7) is 1.92. The van der Waals surface area contributed by atoms with Gasteiger partial charge in [0.05, 0.1) is 14.2 Å². The van der Waals surface area contributed by atoms with Gasteiger partial charge in [-0.2, -0.15) is 0 Å². The number of anilines is 1. The second-order valence-corrected chi connectivity index (χ2v) is 6.66. The number of ether oxygens (including phenoxy) is 3. The summed E-state index contributed by atoms with van der Waals surface area (Å²) < 4.78 is 15.9. The SMILES string of the molecule is COc1ccc(NC(=O)NCC2(c3ccc(OC)cc3)CCOCC2)cc1. The standard InChI is InChI=1S/C21H26N2O4/c1-25-18-7-3-16(4-8-18)21(11-13-27-14-12-21)15-22-20(24)23-17-5-9-19(26-2)10-6-17/h3-10H,11-15H2,1-2H3,(H2,22,23,24). The topological polar surface area (TPSA) is 68.8 Å². The van der Waals surface area contributed by atoms with Gasteiger partial charge in [-0.3, -0.25) is 0 Å². The number of carbonyl (C=O) groups is 1. The highest BCUT2D eigenvalue weighted by atomic mass is 16.5. The first-order valence-corrected chi connectivity index (χ1v) is 9.06. The van der Waals surface area contributed by atoms with Crippen LogP contribution in [0.5, 0.6) is 11.5 Å². The lowest BCUT2D eigenvalue weighted by molar-refractivity contribution is 0.0508. The van der Waals surface area contributed by atoms with Crippen molar-refractivity contribution in [3.63, 3.8) is 0 Å². The second-order valence-electron chi connectivity index (χ2n) is 6.66. The maximum absolute atomic E-state index is 12.4. The predicted octanol–water partition coefficient (Wildman–Crippen LogP) is 3.57. The minimum absolute atomic E-state index is 0.137. The van der Waals surface area contributed by atoms with Crippen molar-refractivity contribution in [3.8, 4) is 11.5 Å². The number of hydrogen-bond donors (Lipinski definition) is 2. The lowest BCUT2D eigenvalue weighted by Gasteiger charge is -2.38. The third kappa shape index (κ3) is 4.71. The molecule has 0 aromatic heterocycles. The number of nitrogens with one attached hydrogen (secondary N) is 2. The second kappa shape index (κ2) is 8.77. The Morgan fingerprint density at radius 2 is 1.52 bits per heavy atom. The first-order chi connectivity index (χ1) is 13.1. The van der Waals surface area contributed by atoms with Crippen LogP contribution < -0.4 is 20.1 Å². The van der Waals surface area contributed by atoms with Crippen molar-refractivity contribution < 1.29 is 19.0 Å². The maximum atomic E-state index is 12.4. The molecule has 0 spiro atoms. The number of hydrogen-bond acceptors (Lipinski definition) is 4. The molecule has 144 valence electrons. The van der Waals surface area contributed by atoms with E-state index >= 15 is 0 Å². The molecule has 1 aliphatic heterocycles. The van der Waals surface area contributed by atoms with E-state index in [2.05, 4.69) is 22.8 Å². The largest absolute Gasteiger partial charge is 0.497 e. The van der Waals surface area contributed by atoms with E-state index in [1.807, 2.05) is 36.4 Å². The molecule has 27 heavy (non-hydrogen) atoms. The van der Waals surface area contributed by atoms with Crippen LogP contribution in [0.1, 0.15) is 18.4 Å². The molecule has 6 heteroatoms. The van der Waals surface area contributed by atoms with Crippen molar-refractivity contribution in [2.75, 3.05) is 39.3 Å². The summed E-state index contributed by atoms with van der Waals surface area (Å²) in [4.78, 5) is 12.4. The highest BCUT2D eigenvalue weighted by molar-refractivity contribution is 5.89. The number of carbonyl (C=O) groups excluding carboxylic acids is 1. The minimum Gasteiger partial charge on any atom is -0.497 e. The summed E-state index contributed by atoms with van der Waals surface area (Å²) in [5.74, 6) is 1.58. The summed E-state index contributed by atoms with van der Waals surface area (Å²) in [6, 6.07) is 15.1. The highest BCUT2D eigenvalue weighted by Gasteiger charge is 2.34. The van der Waals surface area contributed by atoms with Crippen molar-refractivity contribution in [2.45, 2.75) is 18.3 Å². The average Bonchev–Trinajstić information content (AvgIpc) is 2.73. The van der Waals surface area contributed by atoms with Crippen LogP contribution in [-0.4, -0.2) is 40.0 Å². The van der Waals surface area contributed by atoms with E-state index in [4.69, 9.17) is 14.2 Å². The molecular weight excluding hydrogens is 344 g/mol. The molecule has 1 aliphatic rings. The molecule has 0 atom stereocenters. The molecule has 0 saturated carbocycles. The number of benzene rings is 2. The first kappa shape index (κ1) is 19.0. The number of rotatable bonds is 6. The third-order valence-corrected chi connectivity index (χ3v) is 5.09. The fourth-order valence-corrected chi connectivity index (χ4v) is 3.37. The van der Waals surface area contributed by atoms with Gasteiger partial charge in [0.1, 0.15) is 11.5 Å². The molecule has 0 radical (unpaired) electrons. The van der Waals surface area contributed by atoms with Crippen molar-refractivity contribution in [2.24, 2.45) is 0 Å². The molecule has 2 aromatic carbocycles. The Bertz CT molecular complexity index is 738. The lowest BCUT2D eigenvalue weighted by atomic mass is 9.74. The molecule has 0 bridgehead atoms. The van der Waals surface area contributed by atoms with E-state index in [-0.39, 0.29) is 11.4 Å². The zero-order chi connectivity index (χ0) is 19.1. The maximum Gasteiger partial charge on any atom is 0.319 e. The zero-order valence-electron chi connectivity index (χ0n) is 15.8. The van der Waals surface area contributed by atoms with E-state index in [1.54, 1.807) is 14.2 Å². The van der Waals surface area contributed by atoms with Crippen molar-refractivity contribution in [3.05, 3.63) is 54.1 Å². The number of amides is 2. The lowest BCUT2D eigenvalue weighted by Crippen LogP contribution is -2.45. The van der Waals surface area contributed by atoms with Crippen LogP contribution in [-0.2, 0) is 10.2 Å². The van der Waals surface area contributed by atoms with E-state index in [0.29, 0.717) is 19.8 Å². The van der Waals surface area contributed by atoms with E-state index in [0.717, 1.165) is 30.0 Å². The molecule has 3 rings (SSSR count). The van der Waals surface area contributed by atoms with E-state index in [9.17, 15) is 4.79 Å². The van der Waals surface area contributed by atoms with Gasteiger partial charge in [-0.25, -0.2) is 4.79 Å². The fraction of sp³-hybridized carbons (Fsp3) is 0.381. The highest BCUT2D eigenvalue weighted by Crippen LogP contribution is 2.35. The van der Waals surface area contributed by atoms with Crippen molar-refractivity contribution in [1.82, 2.24) is 5.32 Å². The van der Waals surface area contributed by atoms with Gasteiger partial charge in [0, 0.05) is 30.9 Å². The smallest absolute Gasteiger partial charge is 0.319 e. The molecule has 2 aromatic rings. The molecular formula is C21H26N2O4. The molecule has 1 saturated heterocycles. The molecule has 1 fully saturated rings. The Morgan fingerprint density at radius 3 is 2.07 bits per heavy atom. The first-order valence-electron chi connectivity index (χ1n) is 9.06. The van der Waals surface area contributed by atoms with Gasteiger partial charge in [0.25, 0.3) is 0 Å². The van der Waals surface area contributed by atoms with Crippen LogP contribution in [0.2, 0.25) is 0 Å². The van der Waals surface area contributed by atoms with Crippen LogP contribution in [0.15, 0.2) is 48.5 Å². The molecule has 2 N–H and O–H groups in total. The summed E-state index contributed by atoms with van der Waals surface area (Å²) in [6.07, 6.45) is 1.73. The van der Waals surface area contributed by atoms with Gasteiger partial charge >= 0.3 is 6.03 Å². The predicted molar refractivity (Wildman–Crippen MR) is 105 cm³/mol. The monoisotopic (exact) mass is 370 g/mol. The molecule has 0 unspecified atom stereocenters. The molecule has 2 amide bonds. The van der Waals surface area contributed by atoms with Crippen molar-refractivity contribution in [1.29, 1.82) is 0 Å². The van der Waals surface area contributed by atoms with Gasteiger partial charge in [0.15, 0.2) is 0 Å². The van der Waals surface area contributed by atoms with Gasteiger partial charge in [0.2, 0.25) is 0 Å². The van der Waals surface area contributed by atoms with Gasteiger partial charge in [-0.1, -0.05) is 12.1 Å². The summed E-state index contributed by atoms with van der Waals surface area (Å²) in [5, 5.41) is 5.89. The minimum atomic E-state index is -0.223. The molecule has 0 aliphatic carbocycles. The number of urea groups is 1. The Kier molecular flexibility index (Phi) is 6.19. The van der Waals surface area contributed by atoms with Crippen molar-refractivity contribution >= 4 is 11.7 Å². The van der Waals surface area contributed by atoms with Gasteiger partial charge in [-0.15, -0.1) is 0 Å². The Labute approximate surface area is 159 Å². The third-order valence-electron chi connectivity index (χ3n) is 5.09. The zero-order valence-corrected chi connectivity index (χ0v) is 15.8. The Balaban J connectivity index is 1.66. The van der Waals surface area contributed by atoms with Gasteiger partial charge < -0.3 is 24.8 Å². The summed E-state index contributed by atoms with van der Waals surface area (Å²) in [7, 11) is 3.27. The summed E-state index contributed by atoms with van der Waals surface area (Å²) in [5.41, 5.74) is 1.78. The Morgan fingerprint density at radius 1 is 0.963 bits per heavy atom. The normalized spacial score (nSPS) is 15.6. The fourth-order valence-electron chi connectivity index (χ4n) is 3.37. The quantitative estimate of drug-likeness (QED) is 0.816.